The van der Waals surface area contributed by atoms with Crippen molar-refractivity contribution < 1.29 is 9.90 Å². The van der Waals surface area contributed by atoms with Gasteiger partial charge in [-0.3, -0.25) is 4.57 Å². The zero-order valence-corrected chi connectivity index (χ0v) is 11.8. The molecule has 5 nitrogen and oxygen atoms in total. The van der Waals surface area contributed by atoms with Crippen LogP contribution in [-0.2, 0) is 0 Å². The molecule has 0 amide bonds. The molecule has 2 N–H and O–H groups in total. The number of rotatable bonds is 2. The number of carbonyl (C=O) groups is 1. The number of halogens is 1. The van der Waals surface area contributed by atoms with Crippen molar-refractivity contribution in [3.05, 3.63) is 63.0 Å². The fourth-order valence-electron chi connectivity index (χ4n) is 2.22. The molecule has 0 aliphatic heterocycles. The number of hydrogen-bond donors (Lipinski definition) is 2. The van der Waals surface area contributed by atoms with E-state index < -0.39 is 5.97 Å². The van der Waals surface area contributed by atoms with Gasteiger partial charge in [0, 0.05) is 5.02 Å². The SMILES string of the molecule is Cc1ccc(-n2c(=O)[nH]c3cc(C(=O)O)ccc32)cc1Cl. The van der Waals surface area contributed by atoms with Gasteiger partial charge in [-0.2, -0.15) is 0 Å². The molecule has 0 unspecified atom stereocenters. The summed E-state index contributed by atoms with van der Waals surface area (Å²) in [5.74, 6) is -1.04. The van der Waals surface area contributed by atoms with Gasteiger partial charge in [-0.1, -0.05) is 17.7 Å². The van der Waals surface area contributed by atoms with Crippen LogP contribution in [0, 0.1) is 6.92 Å². The average molecular weight is 303 g/mol. The Hall–Kier alpha value is -2.53. The number of aromatic carboxylic acids is 1. The second-order valence-corrected chi connectivity index (χ2v) is 5.14. The van der Waals surface area contributed by atoms with Crippen LogP contribution in [0.2, 0.25) is 5.02 Å². The Morgan fingerprint density at radius 3 is 2.67 bits per heavy atom. The molecule has 0 atom stereocenters. The topological polar surface area (TPSA) is 75.1 Å². The molecule has 3 rings (SSSR count). The third-order valence-corrected chi connectivity index (χ3v) is 3.75. The molecule has 0 fully saturated rings. The largest absolute Gasteiger partial charge is 0.478 e. The number of aryl methyl sites for hydroxylation is 1. The molecule has 6 heteroatoms. The Kier molecular flexibility index (Phi) is 3.07. The predicted octanol–water partition coefficient (Wildman–Crippen LogP) is 2.98. The molecule has 106 valence electrons. The van der Waals surface area contributed by atoms with E-state index in [-0.39, 0.29) is 11.3 Å². The van der Waals surface area contributed by atoms with Crippen molar-refractivity contribution in [3.63, 3.8) is 0 Å². The maximum atomic E-state index is 12.1. The van der Waals surface area contributed by atoms with E-state index in [1.807, 2.05) is 13.0 Å². The minimum Gasteiger partial charge on any atom is -0.478 e. The third-order valence-electron chi connectivity index (χ3n) is 3.34. The van der Waals surface area contributed by atoms with Crippen LogP contribution in [0.25, 0.3) is 16.7 Å². The van der Waals surface area contributed by atoms with Gasteiger partial charge in [0.1, 0.15) is 0 Å². The summed E-state index contributed by atoms with van der Waals surface area (Å²) in [6.07, 6.45) is 0. The third kappa shape index (κ3) is 2.21. The Morgan fingerprint density at radius 2 is 2.00 bits per heavy atom. The highest BCUT2D eigenvalue weighted by Crippen LogP contribution is 2.22. The lowest BCUT2D eigenvalue weighted by Crippen LogP contribution is -2.14. The molecular formula is C15H11ClN2O3. The maximum Gasteiger partial charge on any atom is 0.335 e. The lowest BCUT2D eigenvalue weighted by atomic mass is 10.2. The minimum atomic E-state index is -1.04. The molecule has 1 heterocycles. The Balaban J connectivity index is 2.27. The van der Waals surface area contributed by atoms with Crippen LogP contribution in [0.4, 0.5) is 0 Å². The van der Waals surface area contributed by atoms with Crippen LogP contribution in [0.3, 0.4) is 0 Å². The van der Waals surface area contributed by atoms with Crippen LogP contribution in [0.15, 0.2) is 41.2 Å². The summed E-state index contributed by atoms with van der Waals surface area (Å²) < 4.78 is 1.46. The fourth-order valence-corrected chi connectivity index (χ4v) is 2.40. The van der Waals surface area contributed by atoms with Gasteiger partial charge in [0.15, 0.2) is 0 Å². The van der Waals surface area contributed by atoms with Gasteiger partial charge in [-0.05, 0) is 42.8 Å². The second-order valence-electron chi connectivity index (χ2n) is 4.74. The standard InChI is InChI=1S/C15H11ClN2O3/c1-8-2-4-10(7-11(8)16)18-13-5-3-9(14(19)20)6-12(13)17-15(18)21/h2-7H,1H3,(H,17,21)(H,19,20). The molecule has 0 saturated heterocycles. The van der Waals surface area contributed by atoms with Crippen LogP contribution in [0.1, 0.15) is 15.9 Å². The molecule has 1 aromatic heterocycles. The number of fused-ring (bicyclic) bond motifs is 1. The minimum absolute atomic E-state index is 0.123. The zero-order chi connectivity index (χ0) is 15.1. The Labute approximate surface area is 124 Å². The first-order valence-corrected chi connectivity index (χ1v) is 6.60. The highest BCUT2D eigenvalue weighted by Gasteiger charge is 2.12. The summed E-state index contributed by atoms with van der Waals surface area (Å²) >= 11 is 6.10. The highest BCUT2D eigenvalue weighted by molar-refractivity contribution is 6.31. The number of aromatic nitrogens is 2. The van der Waals surface area contributed by atoms with Crippen molar-refractivity contribution in [2.24, 2.45) is 0 Å². The van der Waals surface area contributed by atoms with E-state index in [1.165, 1.54) is 16.7 Å². The molecule has 0 spiro atoms. The van der Waals surface area contributed by atoms with Gasteiger partial charge in [0.05, 0.1) is 22.3 Å². The predicted molar refractivity (Wildman–Crippen MR) is 80.6 cm³/mol. The first-order chi connectivity index (χ1) is 9.97. The zero-order valence-electron chi connectivity index (χ0n) is 11.1. The molecule has 2 aromatic carbocycles. The molecule has 0 radical (unpaired) electrons. The first kappa shape index (κ1) is 13.5. The molecule has 21 heavy (non-hydrogen) atoms. The van der Waals surface area contributed by atoms with E-state index >= 15 is 0 Å². The highest BCUT2D eigenvalue weighted by atomic mass is 35.5. The number of nitrogens with one attached hydrogen (secondary N) is 1. The lowest BCUT2D eigenvalue weighted by molar-refractivity contribution is 0.0697. The number of hydrogen-bond acceptors (Lipinski definition) is 2. The van der Waals surface area contributed by atoms with Crippen molar-refractivity contribution in [1.82, 2.24) is 9.55 Å². The Morgan fingerprint density at radius 1 is 1.24 bits per heavy atom. The van der Waals surface area contributed by atoms with Crippen LogP contribution in [-0.4, -0.2) is 20.6 Å². The molecule has 0 aliphatic carbocycles. The number of imidazole rings is 1. The number of H-pyrrole nitrogens is 1. The average Bonchev–Trinajstić information content (AvgIpc) is 2.76. The van der Waals surface area contributed by atoms with Crippen LogP contribution >= 0.6 is 11.6 Å². The number of benzene rings is 2. The molecule has 3 aromatic rings. The summed E-state index contributed by atoms with van der Waals surface area (Å²) in [6, 6.07) is 9.83. The number of carboxylic acid groups (broad SMARTS) is 1. The summed E-state index contributed by atoms with van der Waals surface area (Å²) in [5.41, 5.74) is 2.40. The van der Waals surface area contributed by atoms with Crippen LogP contribution in [0.5, 0.6) is 0 Å². The van der Waals surface area contributed by atoms with Gasteiger partial charge in [-0.25, -0.2) is 9.59 Å². The maximum absolute atomic E-state index is 12.1. The normalized spacial score (nSPS) is 11.0. The molecule has 0 bridgehead atoms. The second kappa shape index (κ2) is 4.79. The molecule has 0 aliphatic rings. The van der Waals surface area contributed by atoms with Crippen molar-refractivity contribution >= 4 is 28.6 Å². The number of nitrogens with zero attached hydrogens (tertiary/aromatic N) is 1. The Bertz CT molecular complexity index is 924. The number of aromatic amines is 1. The van der Waals surface area contributed by atoms with E-state index in [4.69, 9.17) is 16.7 Å². The first-order valence-electron chi connectivity index (χ1n) is 6.22. The molecule has 0 saturated carbocycles. The van der Waals surface area contributed by atoms with E-state index in [1.54, 1.807) is 18.2 Å². The summed E-state index contributed by atoms with van der Waals surface area (Å²) in [6.45, 7) is 1.88. The summed E-state index contributed by atoms with van der Waals surface area (Å²) in [5, 5.41) is 9.55. The fraction of sp³-hybridized carbons (Fsp3) is 0.0667. The van der Waals surface area contributed by atoms with Gasteiger partial charge >= 0.3 is 11.7 Å². The molecular weight excluding hydrogens is 292 g/mol. The lowest BCUT2D eigenvalue weighted by Gasteiger charge is -2.05. The van der Waals surface area contributed by atoms with E-state index in [0.717, 1.165) is 5.56 Å². The van der Waals surface area contributed by atoms with Crippen molar-refractivity contribution in [2.75, 3.05) is 0 Å². The smallest absolute Gasteiger partial charge is 0.335 e. The van der Waals surface area contributed by atoms with Gasteiger partial charge < -0.3 is 10.1 Å². The van der Waals surface area contributed by atoms with E-state index in [9.17, 15) is 9.59 Å². The van der Waals surface area contributed by atoms with E-state index in [2.05, 4.69) is 4.98 Å². The summed E-state index contributed by atoms with van der Waals surface area (Å²) in [4.78, 5) is 25.8. The monoisotopic (exact) mass is 302 g/mol. The number of carboxylic acids is 1. The van der Waals surface area contributed by atoms with Gasteiger partial charge in [-0.15, -0.1) is 0 Å². The van der Waals surface area contributed by atoms with Gasteiger partial charge in [0.25, 0.3) is 0 Å². The summed E-state index contributed by atoms with van der Waals surface area (Å²) in [7, 11) is 0. The van der Waals surface area contributed by atoms with Crippen molar-refractivity contribution in [1.29, 1.82) is 0 Å². The van der Waals surface area contributed by atoms with E-state index in [0.29, 0.717) is 21.7 Å². The van der Waals surface area contributed by atoms with Crippen LogP contribution < -0.4 is 5.69 Å². The van der Waals surface area contributed by atoms with Crippen molar-refractivity contribution in [3.8, 4) is 5.69 Å². The van der Waals surface area contributed by atoms with Gasteiger partial charge in [0.2, 0.25) is 0 Å². The van der Waals surface area contributed by atoms with Crippen molar-refractivity contribution in [2.45, 2.75) is 6.92 Å². The quantitative estimate of drug-likeness (QED) is 0.764.